The van der Waals surface area contributed by atoms with E-state index in [9.17, 15) is 18.0 Å². The van der Waals surface area contributed by atoms with Gasteiger partial charge in [-0.05, 0) is 66.6 Å². The van der Waals surface area contributed by atoms with Crippen LogP contribution in [0.5, 0.6) is 5.75 Å². The number of azide groups is 1. The summed E-state index contributed by atoms with van der Waals surface area (Å²) in [5.41, 5.74) is 8.33. The SMILES string of the molecule is CCCCCOc1ccc(NC(=S)NC(=O)c2cc3cc(N=[N+]=[N-])ccc3o2)cc1C(F)(F)F. The molecular formula is C22H20F3N5O3S. The van der Waals surface area contributed by atoms with Gasteiger partial charge in [-0.2, -0.15) is 13.2 Å². The zero-order valence-electron chi connectivity index (χ0n) is 18.0. The first-order chi connectivity index (χ1) is 16.2. The molecule has 8 nitrogen and oxygen atoms in total. The third kappa shape index (κ3) is 6.40. The molecule has 0 aliphatic carbocycles. The van der Waals surface area contributed by atoms with Crippen molar-refractivity contribution in [2.24, 2.45) is 5.11 Å². The molecular weight excluding hydrogens is 471 g/mol. The molecule has 0 atom stereocenters. The van der Waals surface area contributed by atoms with Crippen molar-refractivity contribution in [2.45, 2.75) is 32.4 Å². The van der Waals surface area contributed by atoms with Crippen LogP contribution >= 0.6 is 12.2 Å². The second-order valence-electron chi connectivity index (χ2n) is 7.19. The Kier molecular flexibility index (Phi) is 7.98. The highest BCUT2D eigenvalue weighted by Gasteiger charge is 2.34. The number of anilines is 1. The number of nitrogens with zero attached hydrogens (tertiary/aromatic N) is 3. The molecule has 178 valence electrons. The molecule has 0 saturated heterocycles. The summed E-state index contributed by atoms with van der Waals surface area (Å²) in [7, 11) is 0. The lowest BCUT2D eigenvalue weighted by atomic mass is 10.1. The molecule has 3 aromatic rings. The summed E-state index contributed by atoms with van der Waals surface area (Å²) < 4.78 is 51.3. The molecule has 0 bridgehead atoms. The number of hydrogen-bond acceptors (Lipinski definition) is 5. The Morgan fingerprint density at radius 2 is 2.00 bits per heavy atom. The molecule has 1 heterocycles. The van der Waals surface area contributed by atoms with Crippen LogP contribution in [0, 0.1) is 0 Å². The Hall–Kier alpha value is -3.76. The molecule has 12 heteroatoms. The Morgan fingerprint density at radius 1 is 1.21 bits per heavy atom. The highest BCUT2D eigenvalue weighted by molar-refractivity contribution is 7.80. The zero-order chi connectivity index (χ0) is 24.7. The van der Waals surface area contributed by atoms with E-state index in [0.717, 1.165) is 18.9 Å². The van der Waals surface area contributed by atoms with Crippen LogP contribution in [0.25, 0.3) is 21.4 Å². The molecule has 1 amide bonds. The van der Waals surface area contributed by atoms with Crippen molar-refractivity contribution in [1.82, 2.24) is 5.32 Å². The molecule has 1 aromatic heterocycles. The maximum atomic E-state index is 13.5. The van der Waals surface area contributed by atoms with Crippen LogP contribution in [0.1, 0.15) is 42.3 Å². The molecule has 3 rings (SSSR count). The highest BCUT2D eigenvalue weighted by Crippen LogP contribution is 2.38. The van der Waals surface area contributed by atoms with Gasteiger partial charge in [0.05, 0.1) is 12.2 Å². The number of ether oxygens (including phenoxy) is 1. The minimum atomic E-state index is -4.63. The van der Waals surface area contributed by atoms with Crippen molar-refractivity contribution in [3.05, 3.63) is 64.2 Å². The van der Waals surface area contributed by atoms with Crippen LogP contribution < -0.4 is 15.4 Å². The number of carbonyl (C=O) groups excluding carboxylic acids is 1. The first-order valence-corrected chi connectivity index (χ1v) is 10.7. The van der Waals surface area contributed by atoms with E-state index < -0.39 is 17.6 Å². The quantitative estimate of drug-likeness (QED) is 0.115. The van der Waals surface area contributed by atoms with E-state index in [1.807, 2.05) is 6.92 Å². The number of thiocarbonyl (C=S) groups is 1. The van der Waals surface area contributed by atoms with Crippen LogP contribution in [-0.4, -0.2) is 17.6 Å². The first kappa shape index (κ1) is 24.9. The summed E-state index contributed by atoms with van der Waals surface area (Å²) >= 11 is 5.06. The van der Waals surface area contributed by atoms with E-state index in [1.54, 1.807) is 0 Å². The van der Waals surface area contributed by atoms with Gasteiger partial charge in [-0.3, -0.25) is 10.1 Å². The van der Waals surface area contributed by atoms with Gasteiger partial charge in [0.2, 0.25) is 0 Å². The lowest BCUT2D eigenvalue weighted by Crippen LogP contribution is -2.34. The van der Waals surface area contributed by atoms with Gasteiger partial charge in [-0.15, -0.1) is 0 Å². The minimum absolute atomic E-state index is 0.0298. The second-order valence-corrected chi connectivity index (χ2v) is 7.60. The van der Waals surface area contributed by atoms with Gasteiger partial charge in [-0.1, -0.05) is 24.9 Å². The number of rotatable bonds is 8. The topological polar surface area (TPSA) is 112 Å². The standard InChI is InChI=1S/C22H20F3N5O3S/c1-2-3-4-9-32-18-8-5-14(12-16(18)22(23,24)25)27-21(34)28-20(31)19-11-13-10-15(29-30-26)6-7-17(13)33-19/h5-8,10-12H,2-4,9H2,1H3,(H2,27,28,31,34). The third-order valence-electron chi connectivity index (χ3n) is 4.66. The molecule has 0 fully saturated rings. The number of nitrogens with one attached hydrogen (secondary N) is 2. The van der Waals surface area contributed by atoms with Gasteiger partial charge in [0.15, 0.2) is 10.9 Å². The third-order valence-corrected chi connectivity index (χ3v) is 4.86. The summed E-state index contributed by atoms with van der Waals surface area (Å²) in [6.07, 6.45) is -2.20. The summed E-state index contributed by atoms with van der Waals surface area (Å²) in [6.45, 7) is 2.17. The molecule has 0 radical (unpaired) electrons. The molecule has 0 aliphatic rings. The van der Waals surface area contributed by atoms with Crippen LogP contribution in [0.2, 0.25) is 0 Å². The molecule has 0 unspecified atom stereocenters. The highest BCUT2D eigenvalue weighted by atomic mass is 32.1. The van der Waals surface area contributed by atoms with Gasteiger partial charge in [-0.25, -0.2) is 0 Å². The van der Waals surface area contributed by atoms with Crippen molar-refractivity contribution in [3.8, 4) is 5.75 Å². The molecule has 0 aliphatic heterocycles. The van der Waals surface area contributed by atoms with Gasteiger partial charge in [0.25, 0.3) is 5.91 Å². The summed E-state index contributed by atoms with van der Waals surface area (Å²) in [6, 6.07) is 9.48. The predicted octanol–water partition coefficient (Wildman–Crippen LogP) is 7.09. The average molecular weight is 491 g/mol. The molecule has 34 heavy (non-hydrogen) atoms. The molecule has 0 saturated carbocycles. The number of amides is 1. The van der Waals surface area contributed by atoms with Crippen molar-refractivity contribution in [1.29, 1.82) is 0 Å². The number of hydrogen-bond donors (Lipinski definition) is 2. The van der Waals surface area contributed by atoms with Crippen LogP contribution in [0.3, 0.4) is 0 Å². The summed E-state index contributed by atoms with van der Waals surface area (Å²) in [5.74, 6) is -1.05. The maximum absolute atomic E-state index is 13.5. The van der Waals surface area contributed by atoms with Crippen molar-refractivity contribution >= 4 is 45.6 Å². The Bertz CT molecular complexity index is 1250. The van der Waals surface area contributed by atoms with Crippen LogP contribution in [-0.2, 0) is 6.18 Å². The molecule has 2 aromatic carbocycles. The fourth-order valence-corrected chi connectivity index (χ4v) is 3.28. The lowest BCUT2D eigenvalue weighted by molar-refractivity contribution is -0.138. The van der Waals surface area contributed by atoms with E-state index in [1.165, 1.54) is 36.4 Å². The zero-order valence-corrected chi connectivity index (χ0v) is 18.8. The molecule has 2 N–H and O–H groups in total. The van der Waals surface area contributed by atoms with E-state index in [-0.39, 0.29) is 28.9 Å². The number of benzene rings is 2. The van der Waals surface area contributed by atoms with Gasteiger partial charge in [0.1, 0.15) is 11.3 Å². The Balaban J connectivity index is 1.69. The summed E-state index contributed by atoms with van der Waals surface area (Å²) in [4.78, 5) is 15.2. The van der Waals surface area contributed by atoms with Crippen molar-refractivity contribution in [2.75, 3.05) is 11.9 Å². The van der Waals surface area contributed by atoms with Crippen molar-refractivity contribution < 1.29 is 27.1 Å². The number of halogens is 3. The Morgan fingerprint density at radius 3 is 2.71 bits per heavy atom. The number of carbonyl (C=O) groups is 1. The largest absolute Gasteiger partial charge is 0.493 e. The Labute approximate surface area is 197 Å². The predicted molar refractivity (Wildman–Crippen MR) is 125 cm³/mol. The van der Waals surface area contributed by atoms with E-state index >= 15 is 0 Å². The number of furan rings is 1. The van der Waals surface area contributed by atoms with Gasteiger partial charge in [0, 0.05) is 21.7 Å². The van der Waals surface area contributed by atoms with Crippen LogP contribution in [0.15, 0.2) is 52.0 Å². The smallest absolute Gasteiger partial charge is 0.420 e. The number of unbranched alkanes of at least 4 members (excludes halogenated alkanes) is 2. The number of fused-ring (bicyclic) bond motifs is 1. The van der Waals surface area contributed by atoms with Crippen LogP contribution in [0.4, 0.5) is 24.5 Å². The van der Waals surface area contributed by atoms with E-state index in [2.05, 4.69) is 20.7 Å². The maximum Gasteiger partial charge on any atom is 0.420 e. The minimum Gasteiger partial charge on any atom is -0.493 e. The average Bonchev–Trinajstić information content (AvgIpc) is 3.20. The van der Waals surface area contributed by atoms with E-state index in [0.29, 0.717) is 23.1 Å². The monoisotopic (exact) mass is 491 g/mol. The normalized spacial score (nSPS) is 11.1. The second kappa shape index (κ2) is 10.9. The van der Waals surface area contributed by atoms with E-state index in [4.69, 9.17) is 26.9 Å². The summed E-state index contributed by atoms with van der Waals surface area (Å²) in [5, 5.41) is 8.71. The fraction of sp³-hybridized carbons (Fsp3) is 0.273. The molecule has 0 spiro atoms. The van der Waals surface area contributed by atoms with Gasteiger partial charge < -0.3 is 14.5 Å². The first-order valence-electron chi connectivity index (χ1n) is 10.3. The number of alkyl halides is 3. The van der Waals surface area contributed by atoms with Gasteiger partial charge >= 0.3 is 6.18 Å². The lowest BCUT2D eigenvalue weighted by Gasteiger charge is -2.16. The van der Waals surface area contributed by atoms with Crippen molar-refractivity contribution in [3.63, 3.8) is 0 Å². The fourth-order valence-electron chi connectivity index (χ4n) is 3.07.